The van der Waals surface area contributed by atoms with Crippen molar-refractivity contribution in [3.05, 3.63) is 66.1 Å². The lowest BCUT2D eigenvalue weighted by atomic mass is 10.2. The molecule has 0 aliphatic carbocycles. The van der Waals surface area contributed by atoms with Crippen molar-refractivity contribution in [3.8, 4) is 11.4 Å². The molecule has 4 aromatic rings. The van der Waals surface area contributed by atoms with Crippen LogP contribution in [0.2, 0.25) is 0 Å². The summed E-state index contributed by atoms with van der Waals surface area (Å²) in [5.74, 6) is 0.570. The van der Waals surface area contributed by atoms with Crippen LogP contribution in [0.5, 0.6) is 0 Å². The Morgan fingerprint density at radius 3 is 2.81 bits per heavy atom. The minimum Gasteiger partial charge on any atom is -0.380 e. The normalized spacial score (nSPS) is 13.1. The number of benzene rings is 1. The molecule has 5 rings (SSSR count). The van der Waals surface area contributed by atoms with Crippen LogP contribution in [-0.4, -0.2) is 32.8 Å². The van der Waals surface area contributed by atoms with Crippen LogP contribution in [0, 0.1) is 5.82 Å². The van der Waals surface area contributed by atoms with E-state index in [9.17, 15) is 4.39 Å². The standard InChI is InChI=1S/C20H17FN6/c21-15-6-2-1-4-13(15)12-27-20-14(5-3-9-24-20)18(26-27)16-7-8-17-19(25-16)23-11-10-22-17/h1-9,22H,10-12H2,(H,23,25). The molecule has 4 heterocycles. The summed E-state index contributed by atoms with van der Waals surface area (Å²) in [7, 11) is 0. The maximum Gasteiger partial charge on any atom is 0.158 e. The van der Waals surface area contributed by atoms with Crippen LogP contribution in [0.1, 0.15) is 5.56 Å². The van der Waals surface area contributed by atoms with Crippen LogP contribution in [0.4, 0.5) is 15.9 Å². The number of hydrogen-bond acceptors (Lipinski definition) is 5. The van der Waals surface area contributed by atoms with E-state index >= 15 is 0 Å². The van der Waals surface area contributed by atoms with Gasteiger partial charge >= 0.3 is 0 Å². The smallest absolute Gasteiger partial charge is 0.158 e. The molecule has 0 saturated heterocycles. The molecule has 0 atom stereocenters. The maximum atomic E-state index is 14.1. The summed E-state index contributed by atoms with van der Waals surface area (Å²) in [6, 6.07) is 14.5. The first-order valence-corrected chi connectivity index (χ1v) is 8.84. The molecular formula is C20H17FN6. The van der Waals surface area contributed by atoms with Crippen molar-refractivity contribution in [2.45, 2.75) is 6.54 Å². The summed E-state index contributed by atoms with van der Waals surface area (Å²) >= 11 is 0. The van der Waals surface area contributed by atoms with Gasteiger partial charge in [-0.3, -0.25) is 0 Å². The molecule has 7 heteroatoms. The predicted molar refractivity (Wildman–Crippen MR) is 103 cm³/mol. The van der Waals surface area contributed by atoms with Gasteiger partial charge in [-0.1, -0.05) is 18.2 Å². The zero-order chi connectivity index (χ0) is 18.2. The Morgan fingerprint density at radius 2 is 1.89 bits per heavy atom. The van der Waals surface area contributed by atoms with Crippen LogP contribution in [0.25, 0.3) is 22.4 Å². The van der Waals surface area contributed by atoms with Gasteiger partial charge in [0.1, 0.15) is 17.3 Å². The molecule has 1 aromatic carbocycles. The van der Waals surface area contributed by atoms with Gasteiger partial charge in [-0.2, -0.15) is 5.10 Å². The average Bonchev–Trinajstić information content (AvgIpc) is 3.08. The van der Waals surface area contributed by atoms with E-state index in [1.807, 2.05) is 30.3 Å². The molecule has 2 N–H and O–H groups in total. The minimum absolute atomic E-state index is 0.249. The van der Waals surface area contributed by atoms with Gasteiger partial charge in [-0.15, -0.1) is 0 Å². The van der Waals surface area contributed by atoms with Crippen molar-refractivity contribution < 1.29 is 4.39 Å². The molecule has 0 saturated carbocycles. The van der Waals surface area contributed by atoms with Gasteiger partial charge in [0, 0.05) is 30.2 Å². The highest BCUT2D eigenvalue weighted by Gasteiger charge is 2.17. The third-order valence-corrected chi connectivity index (χ3v) is 4.66. The number of fused-ring (bicyclic) bond motifs is 2. The zero-order valence-corrected chi connectivity index (χ0v) is 14.5. The van der Waals surface area contributed by atoms with Gasteiger partial charge in [0.2, 0.25) is 0 Å². The van der Waals surface area contributed by atoms with Crippen molar-refractivity contribution in [1.29, 1.82) is 0 Å². The molecule has 1 aliphatic heterocycles. The summed E-state index contributed by atoms with van der Waals surface area (Å²) in [4.78, 5) is 9.18. The second kappa shape index (κ2) is 6.35. The van der Waals surface area contributed by atoms with Crippen LogP contribution in [0.15, 0.2) is 54.7 Å². The fourth-order valence-corrected chi connectivity index (χ4v) is 3.34. The van der Waals surface area contributed by atoms with Gasteiger partial charge < -0.3 is 10.6 Å². The van der Waals surface area contributed by atoms with Crippen molar-refractivity contribution in [2.24, 2.45) is 0 Å². The quantitative estimate of drug-likeness (QED) is 0.585. The number of nitrogens with one attached hydrogen (secondary N) is 2. The molecule has 0 unspecified atom stereocenters. The highest BCUT2D eigenvalue weighted by molar-refractivity contribution is 5.90. The summed E-state index contributed by atoms with van der Waals surface area (Å²) in [5.41, 5.74) is 3.77. The van der Waals surface area contributed by atoms with E-state index in [1.54, 1.807) is 23.0 Å². The highest BCUT2D eigenvalue weighted by Crippen LogP contribution is 2.30. The first kappa shape index (κ1) is 15.7. The Labute approximate surface area is 155 Å². The third kappa shape index (κ3) is 2.77. The molecule has 0 amide bonds. The highest BCUT2D eigenvalue weighted by atomic mass is 19.1. The Bertz CT molecular complexity index is 1140. The Hall–Kier alpha value is -3.48. The molecular weight excluding hydrogens is 343 g/mol. The summed E-state index contributed by atoms with van der Waals surface area (Å²) in [6.45, 7) is 2.01. The van der Waals surface area contributed by atoms with Crippen molar-refractivity contribution in [3.63, 3.8) is 0 Å². The van der Waals surface area contributed by atoms with E-state index < -0.39 is 0 Å². The van der Waals surface area contributed by atoms with E-state index in [0.717, 1.165) is 41.4 Å². The molecule has 6 nitrogen and oxygen atoms in total. The van der Waals surface area contributed by atoms with Crippen LogP contribution < -0.4 is 10.6 Å². The van der Waals surface area contributed by atoms with Crippen molar-refractivity contribution in [2.75, 3.05) is 23.7 Å². The van der Waals surface area contributed by atoms with Crippen molar-refractivity contribution >= 4 is 22.5 Å². The third-order valence-electron chi connectivity index (χ3n) is 4.66. The summed E-state index contributed by atoms with van der Waals surface area (Å²) in [6.07, 6.45) is 1.72. The molecule has 3 aromatic heterocycles. The molecule has 134 valence electrons. The monoisotopic (exact) mass is 360 g/mol. The zero-order valence-electron chi connectivity index (χ0n) is 14.5. The van der Waals surface area contributed by atoms with Gasteiger partial charge in [-0.05, 0) is 30.3 Å². The number of rotatable bonds is 3. The molecule has 0 radical (unpaired) electrons. The second-order valence-corrected chi connectivity index (χ2v) is 6.42. The Balaban J connectivity index is 1.62. The number of halogens is 1. The number of nitrogens with zero attached hydrogens (tertiary/aromatic N) is 4. The first-order chi connectivity index (χ1) is 13.3. The molecule has 0 fully saturated rings. The van der Waals surface area contributed by atoms with E-state index in [-0.39, 0.29) is 5.82 Å². The maximum absolute atomic E-state index is 14.1. The van der Waals surface area contributed by atoms with E-state index in [1.165, 1.54) is 6.07 Å². The number of hydrogen-bond donors (Lipinski definition) is 2. The first-order valence-electron chi connectivity index (χ1n) is 8.84. The largest absolute Gasteiger partial charge is 0.380 e. The SMILES string of the molecule is Fc1ccccc1Cn1nc(-c2ccc3c(n2)NCCN3)c2cccnc21. The number of anilines is 2. The molecule has 0 bridgehead atoms. The van der Waals surface area contributed by atoms with Gasteiger partial charge in [0.15, 0.2) is 5.65 Å². The van der Waals surface area contributed by atoms with Crippen LogP contribution in [0.3, 0.4) is 0 Å². The van der Waals surface area contributed by atoms with E-state index in [2.05, 4.69) is 15.6 Å². The van der Waals surface area contributed by atoms with Crippen LogP contribution in [-0.2, 0) is 6.54 Å². The second-order valence-electron chi connectivity index (χ2n) is 6.42. The average molecular weight is 360 g/mol. The lowest BCUT2D eigenvalue weighted by molar-refractivity contribution is 0.589. The molecule has 27 heavy (non-hydrogen) atoms. The number of aromatic nitrogens is 4. The van der Waals surface area contributed by atoms with Crippen molar-refractivity contribution in [1.82, 2.24) is 19.7 Å². The van der Waals surface area contributed by atoms with E-state index in [4.69, 9.17) is 10.1 Å². The predicted octanol–water partition coefficient (Wildman–Crippen LogP) is 3.52. The van der Waals surface area contributed by atoms with Crippen LogP contribution >= 0.6 is 0 Å². The van der Waals surface area contributed by atoms with Gasteiger partial charge in [-0.25, -0.2) is 19.0 Å². The van der Waals surface area contributed by atoms with E-state index in [0.29, 0.717) is 17.8 Å². The Morgan fingerprint density at radius 1 is 1.00 bits per heavy atom. The topological polar surface area (TPSA) is 67.7 Å². The lowest BCUT2D eigenvalue weighted by Gasteiger charge is -2.19. The molecule has 0 spiro atoms. The molecule has 1 aliphatic rings. The minimum atomic E-state index is -0.249. The van der Waals surface area contributed by atoms with Gasteiger partial charge in [0.25, 0.3) is 0 Å². The fourth-order valence-electron chi connectivity index (χ4n) is 3.34. The Kier molecular flexibility index (Phi) is 3.71. The summed E-state index contributed by atoms with van der Waals surface area (Å²) in [5, 5.41) is 12.2. The van der Waals surface area contributed by atoms with Gasteiger partial charge in [0.05, 0.1) is 17.9 Å². The fraction of sp³-hybridized carbons (Fsp3) is 0.150. The number of pyridine rings is 2. The lowest BCUT2D eigenvalue weighted by Crippen LogP contribution is -2.21. The summed E-state index contributed by atoms with van der Waals surface area (Å²) < 4.78 is 15.8.